The van der Waals surface area contributed by atoms with E-state index in [1.54, 1.807) is 22.7 Å². The van der Waals surface area contributed by atoms with Crippen LogP contribution < -0.4 is 0 Å². The van der Waals surface area contributed by atoms with Crippen LogP contribution in [0, 0.1) is 0 Å². The van der Waals surface area contributed by atoms with Crippen molar-refractivity contribution in [3.8, 4) is 0 Å². The molecule has 1 aliphatic heterocycles. The van der Waals surface area contributed by atoms with E-state index in [9.17, 15) is 9.90 Å². The van der Waals surface area contributed by atoms with Gasteiger partial charge in [-0.3, -0.25) is 0 Å². The average Bonchev–Trinajstić information content (AvgIpc) is 2.67. The van der Waals surface area contributed by atoms with Gasteiger partial charge in [0, 0.05) is 23.0 Å². The second kappa shape index (κ2) is 8.33. The Labute approximate surface area is 163 Å². The molecule has 2 aromatic rings. The summed E-state index contributed by atoms with van der Waals surface area (Å²) in [5, 5.41) is 11.8. The van der Waals surface area contributed by atoms with Gasteiger partial charge in [-0.25, -0.2) is 4.79 Å². The summed E-state index contributed by atoms with van der Waals surface area (Å²) in [5.41, 5.74) is 0.894. The normalized spacial score (nSPS) is 16.3. The highest BCUT2D eigenvalue weighted by molar-refractivity contribution is 7.98. The number of nitrogens with zero attached hydrogens (tertiary/aromatic N) is 1. The molecule has 0 atom stereocenters. The molecule has 0 saturated carbocycles. The van der Waals surface area contributed by atoms with Crippen LogP contribution in [0.1, 0.15) is 24.0 Å². The summed E-state index contributed by atoms with van der Waals surface area (Å²) >= 11 is 7.63. The lowest BCUT2D eigenvalue weighted by Crippen LogP contribution is -2.45. The van der Waals surface area contributed by atoms with E-state index in [1.807, 2.05) is 48.7 Å². The third-order valence-electron chi connectivity index (χ3n) is 4.72. The molecule has 1 N–H and O–H groups in total. The minimum atomic E-state index is -0.945. The topological polar surface area (TPSA) is 49.8 Å². The molecule has 0 unspecified atom stereocenters. The summed E-state index contributed by atoms with van der Waals surface area (Å²) in [6.07, 6.45) is 2.58. The van der Waals surface area contributed by atoms with Crippen molar-refractivity contribution in [1.29, 1.82) is 0 Å². The van der Waals surface area contributed by atoms with E-state index in [1.165, 1.54) is 0 Å². The van der Waals surface area contributed by atoms with Gasteiger partial charge in [0.2, 0.25) is 0 Å². The van der Waals surface area contributed by atoms with Gasteiger partial charge in [-0.1, -0.05) is 48.0 Å². The molecular weight excluding hydrogens is 370 g/mol. The summed E-state index contributed by atoms with van der Waals surface area (Å²) < 4.78 is 5.39. The number of ether oxygens (including phenoxy) is 1. The minimum Gasteiger partial charge on any atom is -0.445 e. The van der Waals surface area contributed by atoms with Crippen LogP contribution in [0.2, 0.25) is 5.02 Å². The molecule has 2 aromatic carbocycles. The van der Waals surface area contributed by atoms with Crippen LogP contribution in [-0.4, -0.2) is 35.4 Å². The first-order valence-electron chi connectivity index (χ1n) is 8.54. The molecule has 0 radical (unpaired) electrons. The van der Waals surface area contributed by atoms with Crippen LogP contribution in [0.5, 0.6) is 0 Å². The largest absolute Gasteiger partial charge is 0.445 e. The van der Waals surface area contributed by atoms with Gasteiger partial charge in [-0.15, -0.1) is 11.8 Å². The fourth-order valence-electron chi connectivity index (χ4n) is 3.19. The van der Waals surface area contributed by atoms with E-state index in [2.05, 4.69) is 0 Å². The highest BCUT2D eigenvalue weighted by Gasteiger charge is 2.37. The molecule has 1 aliphatic rings. The van der Waals surface area contributed by atoms with E-state index in [0.29, 0.717) is 31.0 Å². The number of piperidine rings is 1. The van der Waals surface area contributed by atoms with E-state index >= 15 is 0 Å². The molecule has 0 aromatic heterocycles. The van der Waals surface area contributed by atoms with Crippen LogP contribution in [0.3, 0.4) is 0 Å². The van der Waals surface area contributed by atoms with Crippen LogP contribution in [0.15, 0.2) is 53.4 Å². The molecule has 138 valence electrons. The number of halogens is 1. The van der Waals surface area contributed by atoms with Crippen molar-refractivity contribution in [2.75, 3.05) is 19.3 Å². The Hall–Kier alpha value is -1.69. The molecule has 1 saturated heterocycles. The second-order valence-electron chi connectivity index (χ2n) is 6.40. The standard InChI is InChI=1S/C20H22ClNO3S/c1-26-18-13-16(21)7-8-17(18)20(24)9-11-22(12-10-20)19(23)25-14-15-5-3-2-4-6-15/h2-8,13,24H,9-12,14H2,1H3. The van der Waals surface area contributed by atoms with Gasteiger partial charge < -0.3 is 14.7 Å². The van der Waals surface area contributed by atoms with Crippen LogP contribution in [0.25, 0.3) is 0 Å². The van der Waals surface area contributed by atoms with Gasteiger partial charge in [-0.05, 0) is 42.4 Å². The number of carbonyl (C=O) groups is 1. The Morgan fingerprint density at radius 3 is 2.58 bits per heavy atom. The first-order valence-corrected chi connectivity index (χ1v) is 10.1. The average molecular weight is 392 g/mol. The summed E-state index contributed by atoms with van der Waals surface area (Å²) in [6.45, 7) is 1.18. The van der Waals surface area contributed by atoms with Crippen molar-refractivity contribution < 1.29 is 14.6 Å². The molecule has 6 heteroatoms. The van der Waals surface area contributed by atoms with Gasteiger partial charge in [-0.2, -0.15) is 0 Å². The fraction of sp³-hybridized carbons (Fsp3) is 0.350. The Kier molecular flexibility index (Phi) is 6.12. The van der Waals surface area contributed by atoms with Crippen molar-refractivity contribution in [3.05, 3.63) is 64.7 Å². The van der Waals surface area contributed by atoms with E-state index in [-0.39, 0.29) is 12.7 Å². The maximum Gasteiger partial charge on any atom is 0.410 e. The first kappa shape index (κ1) is 19.1. The van der Waals surface area contributed by atoms with Crippen molar-refractivity contribution in [2.24, 2.45) is 0 Å². The minimum absolute atomic E-state index is 0.258. The Balaban J connectivity index is 1.60. The molecule has 3 rings (SSSR count). The smallest absolute Gasteiger partial charge is 0.410 e. The summed E-state index contributed by atoms with van der Waals surface area (Å²) in [4.78, 5) is 14.9. The first-order chi connectivity index (χ1) is 12.5. The predicted octanol–water partition coefficient (Wildman–Crippen LogP) is 4.68. The van der Waals surface area contributed by atoms with Gasteiger partial charge >= 0.3 is 6.09 Å². The van der Waals surface area contributed by atoms with E-state index in [0.717, 1.165) is 16.0 Å². The number of hydrogen-bond donors (Lipinski definition) is 1. The third-order valence-corrected chi connectivity index (χ3v) is 5.73. The van der Waals surface area contributed by atoms with E-state index < -0.39 is 5.60 Å². The summed E-state index contributed by atoms with van der Waals surface area (Å²) in [7, 11) is 0. The number of thioether (sulfide) groups is 1. The van der Waals surface area contributed by atoms with Gasteiger partial charge in [0.25, 0.3) is 0 Å². The zero-order chi connectivity index (χ0) is 18.6. The SMILES string of the molecule is CSc1cc(Cl)ccc1C1(O)CCN(C(=O)OCc2ccccc2)CC1. The predicted molar refractivity (Wildman–Crippen MR) is 105 cm³/mol. The zero-order valence-electron chi connectivity index (χ0n) is 14.7. The number of hydrogen-bond acceptors (Lipinski definition) is 4. The third kappa shape index (κ3) is 4.34. The fourth-order valence-corrected chi connectivity index (χ4v) is 4.15. The second-order valence-corrected chi connectivity index (χ2v) is 7.69. The molecule has 1 amide bonds. The van der Waals surface area contributed by atoms with Crippen molar-refractivity contribution in [3.63, 3.8) is 0 Å². The number of likely N-dealkylation sites (tertiary alicyclic amines) is 1. The molecule has 1 fully saturated rings. The molecule has 4 nitrogen and oxygen atoms in total. The Morgan fingerprint density at radius 2 is 1.92 bits per heavy atom. The lowest BCUT2D eigenvalue weighted by molar-refractivity contribution is -0.0274. The maximum atomic E-state index is 12.3. The van der Waals surface area contributed by atoms with Crippen LogP contribution in [0.4, 0.5) is 4.79 Å². The van der Waals surface area contributed by atoms with Crippen molar-refractivity contribution in [1.82, 2.24) is 4.90 Å². The molecule has 0 spiro atoms. The van der Waals surface area contributed by atoms with Crippen molar-refractivity contribution in [2.45, 2.75) is 29.9 Å². The van der Waals surface area contributed by atoms with E-state index in [4.69, 9.17) is 16.3 Å². The number of amides is 1. The van der Waals surface area contributed by atoms with Gasteiger partial charge in [0.15, 0.2) is 0 Å². The Morgan fingerprint density at radius 1 is 1.23 bits per heavy atom. The number of rotatable bonds is 4. The molecule has 1 heterocycles. The summed E-state index contributed by atoms with van der Waals surface area (Å²) in [6, 6.07) is 15.2. The molecule has 0 bridgehead atoms. The maximum absolute atomic E-state index is 12.3. The number of carbonyl (C=O) groups excluding carboxylic acids is 1. The van der Waals surface area contributed by atoms with Crippen LogP contribution >= 0.6 is 23.4 Å². The van der Waals surface area contributed by atoms with Crippen molar-refractivity contribution >= 4 is 29.5 Å². The highest BCUT2D eigenvalue weighted by atomic mass is 35.5. The van der Waals surface area contributed by atoms with Crippen LogP contribution in [-0.2, 0) is 16.9 Å². The van der Waals surface area contributed by atoms with Gasteiger partial charge in [0.1, 0.15) is 6.61 Å². The molecule has 26 heavy (non-hydrogen) atoms. The molecular formula is C20H22ClNO3S. The highest BCUT2D eigenvalue weighted by Crippen LogP contribution is 2.39. The number of benzene rings is 2. The summed E-state index contributed by atoms with van der Waals surface area (Å²) in [5.74, 6) is 0. The number of aliphatic hydroxyl groups is 1. The lowest BCUT2D eigenvalue weighted by Gasteiger charge is -2.38. The van der Waals surface area contributed by atoms with Gasteiger partial charge in [0.05, 0.1) is 5.60 Å². The quantitative estimate of drug-likeness (QED) is 0.768. The molecule has 0 aliphatic carbocycles. The zero-order valence-corrected chi connectivity index (χ0v) is 16.2. The monoisotopic (exact) mass is 391 g/mol. The lowest BCUT2D eigenvalue weighted by atomic mass is 9.84. The Bertz CT molecular complexity index is 761.